The summed E-state index contributed by atoms with van der Waals surface area (Å²) in [5, 5.41) is 7.85. The molecule has 1 unspecified atom stereocenters. The Hall–Kier alpha value is -3.21. The molecule has 2 heterocycles. The number of fused-ring (bicyclic) bond motifs is 1. The number of thiazole rings is 1. The van der Waals surface area contributed by atoms with Gasteiger partial charge in [0.1, 0.15) is 17.6 Å². The van der Waals surface area contributed by atoms with Crippen LogP contribution in [0.25, 0.3) is 21.5 Å². The van der Waals surface area contributed by atoms with Gasteiger partial charge in [0.2, 0.25) is 0 Å². The Morgan fingerprint density at radius 1 is 1.27 bits per heavy atom. The second-order valence-corrected chi connectivity index (χ2v) is 7.75. The van der Waals surface area contributed by atoms with Crippen molar-refractivity contribution in [2.24, 2.45) is 5.73 Å². The third-order valence-electron chi connectivity index (χ3n) is 4.27. The first-order valence-electron chi connectivity index (χ1n) is 8.72. The summed E-state index contributed by atoms with van der Waals surface area (Å²) in [6.45, 7) is 0. The third kappa shape index (κ3) is 4.06. The van der Waals surface area contributed by atoms with E-state index in [1.807, 2.05) is 24.3 Å². The van der Waals surface area contributed by atoms with Gasteiger partial charge < -0.3 is 20.3 Å². The Morgan fingerprint density at radius 3 is 2.77 bits per heavy atom. The first-order valence-corrected chi connectivity index (χ1v) is 9.95. The number of benzene rings is 2. The third-order valence-corrected chi connectivity index (χ3v) is 5.66. The van der Waals surface area contributed by atoms with Gasteiger partial charge in [-0.05, 0) is 30.3 Å². The number of aromatic nitrogens is 2. The lowest BCUT2D eigenvalue weighted by atomic mass is 10.1. The summed E-state index contributed by atoms with van der Waals surface area (Å²) in [6, 6.07) is 12.4. The maximum atomic E-state index is 13.3. The molecule has 4 rings (SSSR count). The molecule has 0 aliphatic carbocycles. The van der Waals surface area contributed by atoms with E-state index in [0.29, 0.717) is 10.8 Å². The maximum absolute atomic E-state index is 13.3. The maximum Gasteiger partial charge on any atom is 0.328 e. The van der Waals surface area contributed by atoms with E-state index in [2.05, 4.69) is 20.2 Å². The molecule has 0 spiro atoms. The van der Waals surface area contributed by atoms with Crippen LogP contribution in [-0.2, 0) is 9.53 Å². The number of thiocarbonyl (C=S) groups is 1. The van der Waals surface area contributed by atoms with Crippen molar-refractivity contribution in [2.75, 3.05) is 12.4 Å². The SMILES string of the molecule is COC(=O)C(N)C(=S)c1cc(-c2ccc(Nc3nc4ccc(F)cc4s3)cc2)no1. The number of hydrogen-bond donors (Lipinski definition) is 2. The topological polar surface area (TPSA) is 103 Å². The average Bonchev–Trinajstić information content (AvgIpc) is 3.39. The van der Waals surface area contributed by atoms with E-state index in [1.165, 1.54) is 30.6 Å². The van der Waals surface area contributed by atoms with Crippen LogP contribution in [0.5, 0.6) is 0 Å². The lowest BCUT2D eigenvalue weighted by Gasteiger charge is -2.07. The summed E-state index contributed by atoms with van der Waals surface area (Å²) in [5.74, 6) is -0.700. The Bertz CT molecular complexity index is 1240. The molecule has 2 aromatic carbocycles. The number of esters is 1. The van der Waals surface area contributed by atoms with Crippen LogP contribution in [-0.4, -0.2) is 34.1 Å². The molecule has 2 aromatic heterocycles. The van der Waals surface area contributed by atoms with Crippen LogP contribution in [0, 0.1) is 5.82 Å². The summed E-state index contributed by atoms with van der Waals surface area (Å²) in [6.07, 6.45) is 0. The summed E-state index contributed by atoms with van der Waals surface area (Å²) in [7, 11) is 1.23. The molecule has 0 radical (unpaired) electrons. The lowest BCUT2D eigenvalue weighted by molar-refractivity contribution is -0.140. The smallest absolute Gasteiger partial charge is 0.328 e. The minimum absolute atomic E-state index is 0.117. The molecule has 10 heteroatoms. The van der Waals surface area contributed by atoms with Crippen LogP contribution in [0.3, 0.4) is 0 Å². The molecule has 3 N–H and O–H groups in total. The molecule has 0 saturated carbocycles. The first-order chi connectivity index (χ1) is 14.4. The van der Waals surface area contributed by atoms with Crippen molar-refractivity contribution in [3.8, 4) is 11.3 Å². The molecule has 1 atom stereocenters. The van der Waals surface area contributed by atoms with Crippen molar-refractivity contribution in [2.45, 2.75) is 6.04 Å². The van der Waals surface area contributed by atoms with Gasteiger partial charge in [0.05, 0.1) is 22.2 Å². The molecule has 4 aromatic rings. The molecule has 152 valence electrons. The van der Waals surface area contributed by atoms with Gasteiger partial charge in [0, 0.05) is 17.3 Å². The molecule has 30 heavy (non-hydrogen) atoms. The number of halogens is 1. The number of ether oxygens (including phenoxy) is 1. The number of carbonyl (C=O) groups is 1. The predicted octanol–water partition coefficient (Wildman–Crippen LogP) is 4.05. The van der Waals surface area contributed by atoms with Crippen molar-refractivity contribution < 1.29 is 18.4 Å². The van der Waals surface area contributed by atoms with E-state index in [0.717, 1.165) is 21.5 Å². The zero-order valence-electron chi connectivity index (χ0n) is 15.6. The molecular weight excluding hydrogens is 427 g/mol. The normalized spacial score (nSPS) is 12.0. The molecule has 0 aliphatic heterocycles. The van der Waals surface area contributed by atoms with Gasteiger partial charge >= 0.3 is 5.97 Å². The summed E-state index contributed by atoms with van der Waals surface area (Å²) >= 11 is 6.55. The van der Waals surface area contributed by atoms with Crippen LogP contribution < -0.4 is 11.1 Å². The Morgan fingerprint density at radius 2 is 2.03 bits per heavy atom. The predicted molar refractivity (Wildman–Crippen MR) is 116 cm³/mol. The number of methoxy groups -OCH3 is 1. The summed E-state index contributed by atoms with van der Waals surface area (Å²) in [4.78, 5) is 16.1. The van der Waals surface area contributed by atoms with Crippen LogP contribution in [0.2, 0.25) is 0 Å². The highest BCUT2D eigenvalue weighted by molar-refractivity contribution is 7.81. The van der Waals surface area contributed by atoms with Crippen LogP contribution in [0.4, 0.5) is 15.2 Å². The van der Waals surface area contributed by atoms with E-state index < -0.39 is 12.0 Å². The minimum atomic E-state index is -1.10. The van der Waals surface area contributed by atoms with E-state index >= 15 is 0 Å². The van der Waals surface area contributed by atoms with Crippen LogP contribution in [0.15, 0.2) is 53.1 Å². The Balaban J connectivity index is 1.49. The van der Waals surface area contributed by atoms with Crippen LogP contribution in [0.1, 0.15) is 5.76 Å². The number of rotatable bonds is 6. The fourth-order valence-electron chi connectivity index (χ4n) is 2.71. The van der Waals surface area contributed by atoms with Gasteiger partial charge in [0.25, 0.3) is 0 Å². The first kappa shape index (κ1) is 20.1. The summed E-state index contributed by atoms with van der Waals surface area (Å²) in [5.41, 5.74) is 8.62. The number of anilines is 2. The van der Waals surface area contributed by atoms with Crippen molar-refractivity contribution >= 4 is 55.4 Å². The molecule has 7 nitrogen and oxygen atoms in total. The van der Waals surface area contributed by atoms with Gasteiger partial charge in [-0.2, -0.15) is 0 Å². The average molecular weight is 442 g/mol. The largest absolute Gasteiger partial charge is 0.468 e. The molecule has 0 bridgehead atoms. The number of nitrogens with zero attached hydrogens (tertiary/aromatic N) is 2. The van der Waals surface area contributed by atoms with Gasteiger partial charge in [-0.1, -0.05) is 40.8 Å². The number of carbonyl (C=O) groups excluding carboxylic acids is 1. The second kappa shape index (κ2) is 8.27. The highest BCUT2D eigenvalue weighted by Gasteiger charge is 2.24. The van der Waals surface area contributed by atoms with Crippen LogP contribution >= 0.6 is 23.6 Å². The highest BCUT2D eigenvalue weighted by atomic mass is 32.1. The van der Waals surface area contributed by atoms with E-state index in [-0.39, 0.29) is 16.4 Å². The number of hydrogen-bond acceptors (Lipinski definition) is 9. The zero-order valence-corrected chi connectivity index (χ0v) is 17.2. The quantitative estimate of drug-likeness (QED) is 0.262. The monoisotopic (exact) mass is 442 g/mol. The van der Waals surface area contributed by atoms with Gasteiger partial charge in [-0.15, -0.1) is 0 Å². The molecule has 0 aliphatic rings. The van der Waals surface area contributed by atoms with Gasteiger partial charge in [-0.3, -0.25) is 0 Å². The zero-order chi connectivity index (χ0) is 21.3. The van der Waals surface area contributed by atoms with Crippen molar-refractivity contribution in [1.82, 2.24) is 10.1 Å². The summed E-state index contributed by atoms with van der Waals surface area (Å²) < 4.78 is 23.9. The molecule has 0 fully saturated rings. The minimum Gasteiger partial charge on any atom is -0.468 e. The fraction of sp³-hybridized carbons (Fsp3) is 0.100. The van der Waals surface area contributed by atoms with Crippen molar-refractivity contribution in [1.29, 1.82) is 0 Å². The van der Waals surface area contributed by atoms with Crippen molar-refractivity contribution in [3.63, 3.8) is 0 Å². The van der Waals surface area contributed by atoms with E-state index in [9.17, 15) is 9.18 Å². The van der Waals surface area contributed by atoms with Gasteiger partial charge in [-0.25, -0.2) is 14.2 Å². The van der Waals surface area contributed by atoms with Crippen molar-refractivity contribution in [3.05, 3.63) is 60.1 Å². The Kier molecular flexibility index (Phi) is 5.53. The number of nitrogens with two attached hydrogens (primary N) is 1. The molecule has 0 saturated heterocycles. The number of nitrogens with one attached hydrogen (secondary N) is 1. The Labute approximate surface area is 179 Å². The van der Waals surface area contributed by atoms with Gasteiger partial charge in [0.15, 0.2) is 10.9 Å². The fourth-order valence-corrected chi connectivity index (χ4v) is 3.82. The van der Waals surface area contributed by atoms with E-state index in [4.69, 9.17) is 22.5 Å². The second-order valence-electron chi connectivity index (χ2n) is 6.27. The highest BCUT2D eigenvalue weighted by Crippen LogP contribution is 2.30. The van der Waals surface area contributed by atoms with E-state index in [1.54, 1.807) is 12.1 Å². The lowest BCUT2D eigenvalue weighted by Crippen LogP contribution is -2.38. The standard InChI is InChI=1S/C20H15FN4O3S2/c1-27-19(26)17(22)18(29)15-9-14(25-28-15)10-2-5-12(6-3-10)23-20-24-13-7-4-11(21)8-16(13)30-20/h2-9,17H,22H2,1H3,(H,23,24). The molecule has 0 amide bonds. The molecular formula is C20H15FN4O3S2.